The minimum absolute atomic E-state index is 0.524. The predicted octanol–water partition coefficient (Wildman–Crippen LogP) is 3.25. The predicted molar refractivity (Wildman–Crippen MR) is 69.1 cm³/mol. The first-order chi connectivity index (χ1) is 8.38. The van der Waals surface area contributed by atoms with Gasteiger partial charge in [-0.1, -0.05) is 18.2 Å². The fourth-order valence-corrected chi connectivity index (χ4v) is 3.53. The van der Waals surface area contributed by atoms with E-state index in [4.69, 9.17) is 5.26 Å². The highest BCUT2D eigenvalue weighted by molar-refractivity contribution is 7.99. The van der Waals surface area contributed by atoms with Crippen molar-refractivity contribution in [1.29, 1.82) is 5.26 Å². The van der Waals surface area contributed by atoms with Gasteiger partial charge in [0.05, 0.1) is 0 Å². The van der Waals surface area contributed by atoms with Gasteiger partial charge in [0.25, 0.3) is 0 Å². The molecule has 2 heterocycles. The average molecular weight is 240 g/mol. The summed E-state index contributed by atoms with van der Waals surface area (Å²) in [7, 11) is 0. The topological polar surface area (TPSA) is 28.7 Å². The second-order valence-corrected chi connectivity index (χ2v) is 5.27. The first kappa shape index (κ1) is 10.5. The van der Waals surface area contributed by atoms with Crippen LogP contribution in [0.5, 0.6) is 0 Å². The zero-order valence-electron chi connectivity index (χ0n) is 9.34. The third kappa shape index (κ3) is 1.85. The molecule has 17 heavy (non-hydrogen) atoms. The SMILES string of the molecule is N#Cc1cccn1CC1CSc2ccccc21. The second kappa shape index (κ2) is 4.31. The first-order valence-corrected chi connectivity index (χ1v) is 6.64. The molecule has 3 heteroatoms. The van der Waals surface area contributed by atoms with Gasteiger partial charge in [-0.25, -0.2) is 0 Å². The van der Waals surface area contributed by atoms with Gasteiger partial charge in [0.1, 0.15) is 11.8 Å². The van der Waals surface area contributed by atoms with Gasteiger partial charge in [-0.15, -0.1) is 11.8 Å². The summed E-state index contributed by atoms with van der Waals surface area (Å²) < 4.78 is 2.05. The molecular weight excluding hydrogens is 228 g/mol. The molecule has 0 saturated heterocycles. The van der Waals surface area contributed by atoms with Gasteiger partial charge in [0.2, 0.25) is 0 Å². The summed E-state index contributed by atoms with van der Waals surface area (Å²) in [4.78, 5) is 1.39. The third-order valence-corrected chi connectivity index (χ3v) is 4.41. The fourth-order valence-electron chi connectivity index (χ4n) is 2.29. The Kier molecular flexibility index (Phi) is 2.66. The Bertz CT molecular complexity index is 580. The number of nitriles is 1. The minimum atomic E-state index is 0.524. The molecule has 1 aromatic heterocycles. The van der Waals surface area contributed by atoms with Crippen LogP contribution in [0.25, 0.3) is 0 Å². The van der Waals surface area contributed by atoms with Crippen LogP contribution in [0.1, 0.15) is 17.2 Å². The zero-order chi connectivity index (χ0) is 11.7. The maximum absolute atomic E-state index is 9.00. The molecule has 0 aliphatic carbocycles. The molecule has 0 bridgehead atoms. The van der Waals surface area contributed by atoms with Crippen molar-refractivity contribution >= 4 is 11.8 Å². The number of rotatable bonds is 2. The maximum atomic E-state index is 9.00. The number of fused-ring (bicyclic) bond motifs is 1. The summed E-state index contributed by atoms with van der Waals surface area (Å²) in [6.45, 7) is 0.903. The number of hydrogen-bond acceptors (Lipinski definition) is 2. The Hall–Kier alpha value is -1.66. The van der Waals surface area contributed by atoms with Gasteiger partial charge < -0.3 is 4.57 Å². The molecule has 0 saturated carbocycles. The summed E-state index contributed by atoms with van der Waals surface area (Å²) in [6, 6.07) is 14.6. The van der Waals surface area contributed by atoms with E-state index in [9.17, 15) is 0 Å². The largest absolute Gasteiger partial charge is 0.339 e. The van der Waals surface area contributed by atoms with E-state index in [-0.39, 0.29) is 0 Å². The molecule has 1 atom stereocenters. The molecule has 0 fully saturated rings. The van der Waals surface area contributed by atoms with Crippen molar-refractivity contribution in [2.45, 2.75) is 17.4 Å². The molecule has 0 spiro atoms. The van der Waals surface area contributed by atoms with Crippen molar-refractivity contribution in [2.24, 2.45) is 0 Å². The summed E-state index contributed by atoms with van der Waals surface area (Å²) >= 11 is 1.92. The molecule has 1 aliphatic rings. The Morgan fingerprint density at radius 1 is 1.29 bits per heavy atom. The molecule has 1 aliphatic heterocycles. The van der Waals surface area contributed by atoms with Crippen molar-refractivity contribution in [1.82, 2.24) is 4.57 Å². The standard InChI is InChI=1S/C14H12N2S/c15-8-12-4-3-7-16(12)9-11-10-17-14-6-2-1-5-13(11)14/h1-7,11H,9-10H2. The van der Waals surface area contributed by atoms with E-state index in [1.807, 2.05) is 34.7 Å². The molecule has 0 amide bonds. The van der Waals surface area contributed by atoms with Gasteiger partial charge >= 0.3 is 0 Å². The normalized spacial score (nSPS) is 17.7. The van der Waals surface area contributed by atoms with Crippen LogP contribution < -0.4 is 0 Å². The van der Waals surface area contributed by atoms with Crippen LogP contribution in [0.15, 0.2) is 47.5 Å². The lowest BCUT2D eigenvalue weighted by molar-refractivity contribution is 0.603. The molecule has 3 rings (SSSR count). The van der Waals surface area contributed by atoms with Crippen molar-refractivity contribution in [3.8, 4) is 6.07 Å². The van der Waals surface area contributed by atoms with E-state index in [0.717, 1.165) is 18.0 Å². The van der Waals surface area contributed by atoms with Crippen LogP contribution in [0.3, 0.4) is 0 Å². The quantitative estimate of drug-likeness (QED) is 0.806. The van der Waals surface area contributed by atoms with Crippen LogP contribution in [-0.2, 0) is 6.54 Å². The van der Waals surface area contributed by atoms with Crippen molar-refractivity contribution in [3.63, 3.8) is 0 Å². The molecule has 0 N–H and O–H groups in total. The van der Waals surface area contributed by atoms with Gasteiger partial charge in [-0.2, -0.15) is 5.26 Å². The van der Waals surface area contributed by atoms with Gasteiger partial charge in [0.15, 0.2) is 0 Å². The molecule has 0 radical (unpaired) electrons. The number of aromatic nitrogens is 1. The van der Waals surface area contributed by atoms with Crippen LogP contribution >= 0.6 is 11.8 Å². The fraction of sp³-hybridized carbons (Fsp3) is 0.214. The summed E-state index contributed by atoms with van der Waals surface area (Å²) in [5, 5.41) is 9.00. The Morgan fingerprint density at radius 3 is 3.06 bits per heavy atom. The Labute approximate surface area is 105 Å². The second-order valence-electron chi connectivity index (χ2n) is 4.20. The molecule has 1 aromatic carbocycles. The number of benzene rings is 1. The zero-order valence-corrected chi connectivity index (χ0v) is 10.2. The molecule has 84 valence electrons. The smallest absolute Gasteiger partial charge is 0.120 e. The summed E-state index contributed by atoms with van der Waals surface area (Å²) in [6.07, 6.45) is 1.99. The lowest BCUT2D eigenvalue weighted by Gasteiger charge is -2.12. The molecule has 1 unspecified atom stereocenters. The monoisotopic (exact) mass is 240 g/mol. The van der Waals surface area contributed by atoms with Crippen LogP contribution in [0.4, 0.5) is 0 Å². The summed E-state index contributed by atoms with van der Waals surface area (Å²) in [5.74, 6) is 1.64. The van der Waals surface area contributed by atoms with Gasteiger partial charge in [-0.3, -0.25) is 0 Å². The van der Waals surface area contributed by atoms with Crippen LogP contribution in [-0.4, -0.2) is 10.3 Å². The molecule has 2 nitrogen and oxygen atoms in total. The highest BCUT2D eigenvalue weighted by atomic mass is 32.2. The number of thioether (sulfide) groups is 1. The van der Waals surface area contributed by atoms with E-state index >= 15 is 0 Å². The molecular formula is C14H12N2S. The lowest BCUT2D eigenvalue weighted by Crippen LogP contribution is -2.09. The molecule has 2 aromatic rings. The van der Waals surface area contributed by atoms with Gasteiger partial charge in [-0.05, 0) is 23.8 Å². The third-order valence-electron chi connectivity index (χ3n) is 3.16. The van der Waals surface area contributed by atoms with E-state index in [1.165, 1.54) is 10.5 Å². The van der Waals surface area contributed by atoms with E-state index in [0.29, 0.717) is 5.92 Å². The van der Waals surface area contributed by atoms with E-state index in [1.54, 1.807) is 0 Å². The Balaban J connectivity index is 1.87. The summed E-state index contributed by atoms with van der Waals surface area (Å²) in [5.41, 5.74) is 2.18. The van der Waals surface area contributed by atoms with Crippen molar-refractivity contribution in [3.05, 3.63) is 53.9 Å². The van der Waals surface area contributed by atoms with Crippen molar-refractivity contribution in [2.75, 3.05) is 5.75 Å². The Morgan fingerprint density at radius 2 is 2.18 bits per heavy atom. The average Bonchev–Trinajstić information content (AvgIpc) is 2.97. The highest BCUT2D eigenvalue weighted by Crippen LogP contribution is 2.40. The minimum Gasteiger partial charge on any atom is -0.339 e. The van der Waals surface area contributed by atoms with Crippen LogP contribution in [0.2, 0.25) is 0 Å². The van der Waals surface area contributed by atoms with E-state index < -0.39 is 0 Å². The maximum Gasteiger partial charge on any atom is 0.120 e. The van der Waals surface area contributed by atoms with Crippen LogP contribution in [0, 0.1) is 11.3 Å². The number of nitrogens with zero attached hydrogens (tertiary/aromatic N) is 2. The van der Waals surface area contributed by atoms with E-state index in [2.05, 4.69) is 30.3 Å². The lowest BCUT2D eigenvalue weighted by atomic mass is 10.0. The van der Waals surface area contributed by atoms with Crippen molar-refractivity contribution < 1.29 is 0 Å². The first-order valence-electron chi connectivity index (χ1n) is 5.65. The van der Waals surface area contributed by atoms with Gasteiger partial charge in [0, 0.05) is 29.3 Å². The number of hydrogen-bond donors (Lipinski definition) is 0. The highest BCUT2D eigenvalue weighted by Gasteiger charge is 2.23.